The lowest BCUT2D eigenvalue weighted by Gasteiger charge is -2.23. The van der Waals surface area contributed by atoms with Crippen LogP contribution in [0.4, 0.5) is 5.69 Å². The van der Waals surface area contributed by atoms with Crippen LogP contribution in [0.2, 0.25) is 0 Å². The lowest BCUT2D eigenvalue weighted by atomic mass is 9.87. The molecule has 1 aliphatic rings. The number of carbonyl (C=O) groups is 1. The molecule has 0 spiro atoms. The van der Waals surface area contributed by atoms with E-state index >= 15 is 0 Å². The van der Waals surface area contributed by atoms with Gasteiger partial charge < -0.3 is 9.88 Å². The predicted molar refractivity (Wildman–Crippen MR) is 110 cm³/mol. The highest BCUT2D eigenvalue weighted by Crippen LogP contribution is 2.35. The molecule has 0 atom stereocenters. The fraction of sp³-hybridized carbons (Fsp3) is 0.261. The molecule has 1 aliphatic heterocycles. The second kappa shape index (κ2) is 7.43. The van der Waals surface area contributed by atoms with Gasteiger partial charge in [0.25, 0.3) is 5.56 Å². The Morgan fingerprint density at radius 1 is 1.11 bits per heavy atom. The number of anilines is 1. The molecule has 5 nitrogen and oxygen atoms in total. The van der Waals surface area contributed by atoms with Gasteiger partial charge in [-0.15, -0.1) is 0 Å². The van der Waals surface area contributed by atoms with Gasteiger partial charge in [-0.1, -0.05) is 13.0 Å². The number of rotatable bonds is 4. The maximum absolute atomic E-state index is 12.3. The molecule has 28 heavy (non-hydrogen) atoms. The van der Waals surface area contributed by atoms with Gasteiger partial charge in [0.2, 0.25) is 5.91 Å². The summed E-state index contributed by atoms with van der Waals surface area (Å²) in [6.07, 6.45) is 8.17. The second-order valence-corrected chi connectivity index (χ2v) is 7.22. The van der Waals surface area contributed by atoms with Crippen LogP contribution >= 0.6 is 0 Å². The van der Waals surface area contributed by atoms with Crippen molar-refractivity contribution in [2.45, 2.75) is 32.6 Å². The van der Waals surface area contributed by atoms with Crippen molar-refractivity contribution >= 4 is 11.6 Å². The van der Waals surface area contributed by atoms with Crippen LogP contribution in [0.1, 0.15) is 35.6 Å². The van der Waals surface area contributed by atoms with Gasteiger partial charge in [0.1, 0.15) is 0 Å². The van der Waals surface area contributed by atoms with Crippen LogP contribution in [0, 0.1) is 0 Å². The van der Waals surface area contributed by atoms with Crippen LogP contribution in [0.5, 0.6) is 0 Å². The number of amides is 1. The molecule has 1 aromatic carbocycles. The summed E-state index contributed by atoms with van der Waals surface area (Å²) >= 11 is 0. The standard InChI is InChI=1S/C23H23N3O2/c1-3-16-13-17(14-26(2)23(16)28)18-4-6-21-19(5-7-22(27)25-21)20(18)12-15-8-10-24-11-9-15/h4,6,8-11,13-14H,3,5,7,12H2,1-2H3,(H,25,27). The normalized spacial score (nSPS) is 13.1. The van der Waals surface area contributed by atoms with Crippen molar-refractivity contribution in [3.8, 4) is 11.1 Å². The lowest BCUT2D eigenvalue weighted by molar-refractivity contribution is -0.116. The van der Waals surface area contributed by atoms with Crippen molar-refractivity contribution in [2.24, 2.45) is 7.05 Å². The number of aromatic nitrogens is 2. The van der Waals surface area contributed by atoms with Crippen LogP contribution in [0.25, 0.3) is 11.1 Å². The van der Waals surface area contributed by atoms with Crippen LogP contribution in [0.15, 0.2) is 53.7 Å². The molecule has 1 amide bonds. The molecule has 0 saturated carbocycles. The molecule has 3 heterocycles. The first-order valence-electron chi connectivity index (χ1n) is 9.60. The summed E-state index contributed by atoms with van der Waals surface area (Å²) in [4.78, 5) is 28.3. The number of benzene rings is 1. The lowest BCUT2D eigenvalue weighted by Crippen LogP contribution is -2.21. The summed E-state index contributed by atoms with van der Waals surface area (Å²) in [7, 11) is 1.80. The second-order valence-electron chi connectivity index (χ2n) is 7.22. The van der Waals surface area contributed by atoms with E-state index in [9.17, 15) is 9.59 Å². The molecule has 2 aromatic heterocycles. The minimum Gasteiger partial charge on any atom is -0.326 e. The third kappa shape index (κ3) is 3.36. The molecular weight excluding hydrogens is 350 g/mol. The van der Waals surface area contributed by atoms with Gasteiger partial charge in [-0.25, -0.2) is 0 Å². The Hall–Kier alpha value is -3.21. The van der Waals surface area contributed by atoms with E-state index in [1.807, 2.05) is 37.4 Å². The third-order valence-corrected chi connectivity index (χ3v) is 5.39. The Kier molecular flexibility index (Phi) is 4.82. The average Bonchev–Trinajstić information content (AvgIpc) is 2.71. The molecule has 0 unspecified atom stereocenters. The Balaban J connectivity index is 1.91. The van der Waals surface area contributed by atoms with Crippen molar-refractivity contribution < 1.29 is 4.79 Å². The van der Waals surface area contributed by atoms with Crippen molar-refractivity contribution in [3.63, 3.8) is 0 Å². The minimum atomic E-state index is 0.0483. The van der Waals surface area contributed by atoms with Crippen LogP contribution < -0.4 is 10.9 Å². The number of aryl methyl sites for hydroxylation is 2. The Morgan fingerprint density at radius 3 is 2.64 bits per heavy atom. The van der Waals surface area contributed by atoms with Gasteiger partial charge in [0.05, 0.1) is 0 Å². The number of nitrogens with zero attached hydrogens (tertiary/aromatic N) is 2. The summed E-state index contributed by atoms with van der Waals surface area (Å²) in [5, 5.41) is 3.00. The smallest absolute Gasteiger partial charge is 0.253 e. The summed E-state index contributed by atoms with van der Waals surface area (Å²) < 4.78 is 1.66. The molecule has 4 rings (SSSR count). The van der Waals surface area contributed by atoms with Gasteiger partial charge >= 0.3 is 0 Å². The summed E-state index contributed by atoms with van der Waals surface area (Å²) in [5.74, 6) is 0.0606. The zero-order valence-electron chi connectivity index (χ0n) is 16.2. The summed E-state index contributed by atoms with van der Waals surface area (Å²) in [5.41, 5.74) is 7.43. The minimum absolute atomic E-state index is 0.0483. The number of hydrogen-bond donors (Lipinski definition) is 1. The number of fused-ring (bicyclic) bond motifs is 1. The first-order valence-corrected chi connectivity index (χ1v) is 9.60. The Labute approximate surface area is 164 Å². The Morgan fingerprint density at radius 2 is 1.89 bits per heavy atom. The highest BCUT2D eigenvalue weighted by atomic mass is 16.1. The molecule has 0 aliphatic carbocycles. The predicted octanol–water partition coefficient (Wildman–Crippen LogP) is 3.49. The zero-order chi connectivity index (χ0) is 19.7. The van der Waals surface area contributed by atoms with E-state index in [2.05, 4.69) is 16.4 Å². The third-order valence-electron chi connectivity index (χ3n) is 5.39. The summed E-state index contributed by atoms with van der Waals surface area (Å²) in [6, 6.07) is 10.1. The van der Waals surface area contributed by atoms with E-state index in [0.29, 0.717) is 12.8 Å². The van der Waals surface area contributed by atoms with E-state index in [-0.39, 0.29) is 11.5 Å². The Bertz CT molecular complexity index is 1100. The van der Waals surface area contributed by atoms with Crippen LogP contribution in [0.3, 0.4) is 0 Å². The van der Waals surface area contributed by atoms with E-state index in [0.717, 1.165) is 35.2 Å². The maximum Gasteiger partial charge on any atom is 0.253 e. The quantitative estimate of drug-likeness (QED) is 0.761. The first-order chi connectivity index (χ1) is 13.6. The van der Waals surface area contributed by atoms with Gasteiger partial charge in [-0.05, 0) is 71.3 Å². The largest absolute Gasteiger partial charge is 0.326 e. The van der Waals surface area contributed by atoms with E-state index in [1.165, 1.54) is 16.7 Å². The van der Waals surface area contributed by atoms with Crippen molar-refractivity contribution in [1.29, 1.82) is 0 Å². The molecule has 0 bridgehead atoms. The molecule has 3 aromatic rings. The molecule has 0 saturated heterocycles. The van der Waals surface area contributed by atoms with Gasteiger partial charge in [-0.3, -0.25) is 14.6 Å². The average molecular weight is 373 g/mol. The van der Waals surface area contributed by atoms with Gasteiger partial charge in [0, 0.05) is 43.3 Å². The van der Waals surface area contributed by atoms with Gasteiger partial charge in [0.15, 0.2) is 0 Å². The molecule has 5 heteroatoms. The topological polar surface area (TPSA) is 64.0 Å². The fourth-order valence-corrected chi connectivity index (χ4v) is 3.91. The molecular formula is C23H23N3O2. The van der Waals surface area contributed by atoms with Crippen molar-refractivity contribution in [1.82, 2.24) is 9.55 Å². The maximum atomic E-state index is 12.3. The number of pyridine rings is 2. The SMILES string of the molecule is CCc1cc(-c2ccc3c(c2Cc2ccncc2)CCC(=O)N3)cn(C)c1=O. The van der Waals surface area contributed by atoms with Crippen LogP contribution in [-0.4, -0.2) is 15.5 Å². The molecule has 1 N–H and O–H groups in total. The fourth-order valence-electron chi connectivity index (χ4n) is 3.91. The highest BCUT2D eigenvalue weighted by Gasteiger charge is 2.21. The van der Waals surface area contributed by atoms with Crippen molar-refractivity contribution in [3.05, 3.63) is 81.5 Å². The molecule has 0 fully saturated rings. The first kappa shape index (κ1) is 18.2. The molecule has 142 valence electrons. The monoisotopic (exact) mass is 373 g/mol. The van der Waals surface area contributed by atoms with Crippen molar-refractivity contribution in [2.75, 3.05) is 5.32 Å². The van der Waals surface area contributed by atoms with Crippen LogP contribution in [-0.2, 0) is 31.1 Å². The number of hydrogen-bond acceptors (Lipinski definition) is 3. The molecule has 0 radical (unpaired) electrons. The van der Waals surface area contributed by atoms with E-state index in [1.54, 1.807) is 24.0 Å². The van der Waals surface area contributed by atoms with E-state index < -0.39 is 0 Å². The highest BCUT2D eigenvalue weighted by molar-refractivity contribution is 5.95. The van der Waals surface area contributed by atoms with E-state index in [4.69, 9.17) is 0 Å². The van der Waals surface area contributed by atoms with Gasteiger partial charge in [-0.2, -0.15) is 0 Å². The number of nitrogens with one attached hydrogen (secondary N) is 1. The summed E-state index contributed by atoms with van der Waals surface area (Å²) in [6.45, 7) is 2.00. The number of carbonyl (C=O) groups excluding carboxylic acids is 1. The zero-order valence-corrected chi connectivity index (χ0v) is 16.2.